The molecule has 0 radical (unpaired) electrons. The molecule has 0 aromatic heterocycles. The van der Waals surface area contributed by atoms with E-state index in [4.69, 9.17) is 11.6 Å². The molecule has 1 atom stereocenters. The number of carbonyl (C=O) groups is 2. The molecule has 1 aliphatic rings. The molecule has 4 nitrogen and oxygen atoms in total. The van der Waals surface area contributed by atoms with Gasteiger partial charge >= 0.3 is 0 Å². The van der Waals surface area contributed by atoms with Crippen LogP contribution in [0.4, 0.5) is 4.39 Å². The van der Waals surface area contributed by atoms with E-state index in [1.165, 1.54) is 17.8 Å². The second-order valence-electron chi connectivity index (χ2n) is 8.43. The van der Waals surface area contributed by atoms with Crippen LogP contribution in [-0.4, -0.2) is 41.1 Å². The molecule has 0 heterocycles. The zero-order valence-electron chi connectivity index (χ0n) is 19.1. The standard InChI is InChI=1S/C26H32ClFN2O2S/c1-2-24(26(32)29-20-11-6-7-12-20)30(16-15-19-9-4-3-5-10-19)25(31)18-33-17-21-22(27)13-8-14-23(21)28/h3-5,8-10,13-14,20,24H,2,6-7,11-12,15-18H2,1H3,(H,29,32)/t24-/m0/s1. The lowest BCUT2D eigenvalue weighted by Crippen LogP contribution is -2.52. The van der Waals surface area contributed by atoms with Crippen LogP contribution in [0.1, 0.15) is 50.2 Å². The van der Waals surface area contributed by atoms with Crippen molar-refractivity contribution in [3.8, 4) is 0 Å². The molecule has 0 aliphatic heterocycles. The molecule has 3 rings (SSSR count). The molecule has 1 saturated carbocycles. The molecule has 0 spiro atoms. The number of hydrogen-bond acceptors (Lipinski definition) is 3. The van der Waals surface area contributed by atoms with Gasteiger partial charge in [-0.1, -0.05) is 67.8 Å². The highest BCUT2D eigenvalue weighted by molar-refractivity contribution is 7.99. The van der Waals surface area contributed by atoms with E-state index >= 15 is 0 Å². The van der Waals surface area contributed by atoms with E-state index in [9.17, 15) is 14.0 Å². The predicted octanol–water partition coefficient (Wildman–Crippen LogP) is 5.62. The Hall–Kier alpha value is -2.05. The van der Waals surface area contributed by atoms with Crippen molar-refractivity contribution in [3.05, 3.63) is 70.5 Å². The van der Waals surface area contributed by atoms with Gasteiger partial charge in [-0.05, 0) is 43.4 Å². The van der Waals surface area contributed by atoms with Crippen LogP contribution in [0.15, 0.2) is 48.5 Å². The minimum atomic E-state index is -0.514. The van der Waals surface area contributed by atoms with E-state index in [0.29, 0.717) is 35.7 Å². The largest absolute Gasteiger partial charge is 0.352 e. The monoisotopic (exact) mass is 490 g/mol. The first-order valence-corrected chi connectivity index (χ1v) is 13.2. The second-order valence-corrected chi connectivity index (χ2v) is 9.82. The number of halogens is 2. The van der Waals surface area contributed by atoms with Crippen molar-refractivity contribution in [1.82, 2.24) is 10.2 Å². The van der Waals surface area contributed by atoms with Crippen molar-refractivity contribution < 1.29 is 14.0 Å². The van der Waals surface area contributed by atoms with Crippen LogP contribution in [0.5, 0.6) is 0 Å². The van der Waals surface area contributed by atoms with Gasteiger partial charge in [0.2, 0.25) is 11.8 Å². The Morgan fingerprint density at radius 3 is 2.55 bits per heavy atom. The van der Waals surface area contributed by atoms with Gasteiger partial charge in [0.05, 0.1) is 5.75 Å². The second kappa shape index (κ2) is 13.0. The van der Waals surface area contributed by atoms with E-state index in [0.717, 1.165) is 31.2 Å². The molecule has 1 aliphatic carbocycles. The third-order valence-corrected chi connectivity index (χ3v) is 7.40. The summed E-state index contributed by atoms with van der Waals surface area (Å²) >= 11 is 7.44. The SMILES string of the molecule is CC[C@@H](C(=O)NC1CCCC1)N(CCc1ccccc1)C(=O)CSCc1c(F)cccc1Cl. The van der Waals surface area contributed by atoms with Crippen LogP contribution in [0, 0.1) is 5.82 Å². The first kappa shape index (κ1) is 25.6. The molecular formula is C26H32ClFN2O2S. The molecule has 0 bridgehead atoms. The number of hydrogen-bond donors (Lipinski definition) is 1. The predicted molar refractivity (Wildman–Crippen MR) is 134 cm³/mol. The molecule has 2 aromatic rings. The van der Waals surface area contributed by atoms with Gasteiger partial charge in [0.1, 0.15) is 11.9 Å². The maximum Gasteiger partial charge on any atom is 0.243 e. The lowest BCUT2D eigenvalue weighted by Gasteiger charge is -2.31. The number of rotatable bonds is 11. The van der Waals surface area contributed by atoms with E-state index in [1.807, 2.05) is 37.3 Å². The van der Waals surface area contributed by atoms with Gasteiger partial charge in [-0.25, -0.2) is 4.39 Å². The molecule has 2 amide bonds. The fourth-order valence-electron chi connectivity index (χ4n) is 4.26. The highest BCUT2D eigenvalue weighted by Crippen LogP contribution is 2.24. The zero-order chi connectivity index (χ0) is 23.6. The fraction of sp³-hybridized carbons (Fsp3) is 0.462. The number of benzene rings is 2. The van der Waals surface area contributed by atoms with E-state index < -0.39 is 6.04 Å². The summed E-state index contributed by atoms with van der Waals surface area (Å²) in [5.74, 6) is -0.0999. The maximum absolute atomic E-state index is 14.1. The van der Waals surface area contributed by atoms with Crippen LogP contribution in [0.2, 0.25) is 5.02 Å². The van der Waals surface area contributed by atoms with Crippen LogP contribution in [0.3, 0.4) is 0 Å². The molecule has 178 valence electrons. The number of nitrogens with zero attached hydrogens (tertiary/aromatic N) is 1. The maximum atomic E-state index is 14.1. The topological polar surface area (TPSA) is 49.4 Å². The fourth-order valence-corrected chi connectivity index (χ4v) is 5.51. The molecule has 0 saturated heterocycles. The van der Waals surface area contributed by atoms with E-state index in [1.54, 1.807) is 17.0 Å². The Kier molecular flexibility index (Phi) is 10.1. The van der Waals surface area contributed by atoms with Gasteiger partial charge in [-0.2, -0.15) is 0 Å². The van der Waals surface area contributed by atoms with Crippen LogP contribution < -0.4 is 5.32 Å². The average Bonchev–Trinajstić information content (AvgIpc) is 3.32. The van der Waals surface area contributed by atoms with Crippen molar-refractivity contribution in [2.75, 3.05) is 12.3 Å². The van der Waals surface area contributed by atoms with Gasteiger partial charge < -0.3 is 10.2 Å². The molecule has 0 unspecified atom stereocenters. The first-order valence-electron chi connectivity index (χ1n) is 11.6. The van der Waals surface area contributed by atoms with Crippen molar-refractivity contribution >= 4 is 35.2 Å². The van der Waals surface area contributed by atoms with E-state index in [2.05, 4.69) is 5.32 Å². The highest BCUT2D eigenvalue weighted by atomic mass is 35.5. The Morgan fingerprint density at radius 1 is 1.15 bits per heavy atom. The van der Waals surface area contributed by atoms with Crippen molar-refractivity contribution in [1.29, 1.82) is 0 Å². The van der Waals surface area contributed by atoms with Crippen LogP contribution in [0.25, 0.3) is 0 Å². The zero-order valence-corrected chi connectivity index (χ0v) is 20.6. The summed E-state index contributed by atoms with van der Waals surface area (Å²) in [6.07, 6.45) is 5.48. The first-order chi connectivity index (χ1) is 16.0. The summed E-state index contributed by atoms with van der Waals surface area (Å²) in [5, 5.41) is 3.51. The Balaban J connectivity index is 1.67. The number of thioether (sulfide) groups is 1. The summed E-state index contributed by atoms with van der Waals surface area (Å²) in [6.45, 7) is 2.40. The Morgan fingerprint density at radius 2 is 1.88 bits per heavy atom. The summed E-state index contributed by atoms with van der Waals surface area (Å²) in [5.41, 5.74) is 1.52. The van der Waals surface area contributed by atoms with Gasteiger partial charge in [-0.15, -0.1) is 11.8 Å². The highest BCUT2D eigenvalue weighted by Gasteiger charge is 2.30. The minimum absolute atomic E-state index is 0.0760. The van der Waals surface area contributed by atoms with Gasteiger partial charge in [0.25, 0.3) is 0 Å². The minimum Gasteiger partial charge on any atom is -0.352 e. The normalized spacial score (nSPS) is 14.8. The molecule has 2 aromatic carbocycles. The Bertz CT molecular complexity index is 902. The van der Waals surface area contributed by atoms with E-state index in [-0.39, 0.29) is 29.4 Å². The van der Waals surface area contributed by atoms with Gasteiger partial charge in [0.15, 0.2) is 0 Å². The van der Waals surface area contributed by atoms with Gasteiger partial charge in [0, 0.05) is 28.9 Å². The summed E-state index contributed by atoms with van der Waals surface area (Å²) in [4.78, 5) is 28.1. The molecule has 1 fully saturated rings. The Labute approximate surface area is 205 Å². The average molecular weight is 491 g/mol. The quantitative estimate of drug-likeness (QED) is 0.444. The smallest absolute Gasteiger partial charge is 0.243 e. The number of amides is 2. The molecular weight excluding hydrogens is 459 g/mol. The lowest BCUT2D eigenvalue weighted by atomic mass is 10.1. The molecule has 33 heavy (non-hydrogen) atoms. The lowest BCUT2D eigenvalue weighted by molar-refractivity contribution is -0.139. The van der Waals surface area contributed by atoms with Crippen LogP contribution >= 0.6 is 23.4 Å². The third-order valence-electron chi connectivity index (χ3n) is 6.11. The van der Waals surface area contributed by atoms with Crippen molar-refractivity contribution in [2.45, 2.75) is 63.3 Å². The van der Waals surface area contributed by atoms with Crippen LogP contribution in [-0.2, 0) is 21.8 Å². The summed E-state index contributed by atoms with van der Waals surface area (Å²) in [7, 11) is 0. The number of carbonyl (C=O) groups excluding carboxylic acids is 2. The van der Waals surface area contributed by atoms with Gasteiger partial charge in [-0.3, -0.25) is 9.59 Å². The van der Waals surface area contributed by atoms with Crippen molar-refractivity contribution in [3.63, 3.8) is 0 Å². The molecule has 7 heteroatoms. The molecule has 1 N–H and O–H groups in total. The summed E-state index contributed by atoms with van der Waals surface area (Å²) in [6, 6.07) is 14.2. The summed E-state index contributed by atoms with van der Waals surface area (Å²) < 4.78 is 14.1. The third kappa shape index (κ3) is 7.47. The van der Waals surface area contributed by atoms with Crippen molar-refractivity contribution in [2.24, 2.45) is 0 Å². The number of nitrogens with one attached hydrogen (secondary N) is 1.